The highest BCUT2D eigenvalue weighted by atomic mass is 35.5. The largest absolute Gasteiger partial charge is 0.444 e. The van der Waals surface area contributed by atoms with E-state index in [2.05, 4.69) is 10.4 Å². The molecule has 124 valence electrons. The number of hydrogen-bond donors (Lipinski definition) is 2. The highest BCUT2D eigenvalue weighted by Gasteiger charge is 2.18. The van der Waals surface area contributed by atoms with Crippen molar-refractivity contribution in [2.75, 3.05) is 11.9 Å². The van der Waals surface area contributed by atoms with Gasteiger partial charge in [-0.15, -0.1) is 0 Å². The van der Waals surface area contributed by atoms with E-state index in [4.69, 9.17) is 21.4 Å². The number of carbonyl (C=O) groups is 1. The zero-order chi connectivity index (χ0) is 17.0. The molecule has 0 saturated heterocycles. The van der Waals surface area contributed by atoms with Crippen molar-refractivity contribution in [3.05, 3.63) is 35.4 Å². The van der Waals surface area contributed by atoms with Crippen LogP contribution < -0.4 is 5.32 Å². The number of aromatic nitrogens is 2. The van der Waals surface area contributed by atoms with Gasteiger partial charge in [0.1, 0.15) is 11.4 Å². The molecule has 1 amide bonds. The third-order valence-corrected chi connectivity index (χ3v) is 3.11. The number of carbonyl (C=O) groups excluding carboxylic acids is 1. The van der Waals surface area contributed by atoms with E-state index in [9.17, 15) is 4.79 Å². The van der Waals surface area contributed by atoms with E-state index in [1.807, 2.05) is 12.1 Å². The van der Waals surface area contributed by atoms with Gasteiger partial charge in [-0.25, -0.2) is 9.48 Å². The molecule has 23 heavy (non-hydrogen) atoms. The lowest BCUT2D eigenvalue weighted by Crippen LogP contribution is -2.28. The lowest BCUT2D eigenvalue weighted by atomic mass is 10.1. The van der Waals surface area contributed by atoms with Crippen molar-refractivity contribution >= 4 is 23.5 Å². The van der Waals surface area contributed by atoms with Crippen molar-refractivity contribution in [2.24, 2.45) is 0 Å². The second-order valence-electron chi connectivity index (χ2n) is 6.00. The molecule has 0 fully saturated rings. The number of anilines is 1. The maximum absolute atomic E-state index is 11.9. The Labute approximate surface area is 140 Å². The molecule has 6 nitrogen and oxygen atoms in total. The summed E-state index contributed by atoms with van der Waals surface area (Å²) in [6.07, 6.45) is -0.570. The van der Waals surface area contributed by atoms with Gasteiger partial charge in [-0.2, -0.15) is 5.10 Å². The fourth-order valence-electron chi connectivity index (χ4n) is 1.95. The molecule has 1 aromatic heterocycles. The number of benzene rings is 1. The Morgan fingerprint density at radius 2 is 2.00 bits per heavy atom. The van der Waals surface area contributed by atoms with E-state index >= 15 is 0 Å². The molecule has 0 unspecified atom stereocenters. The molecule has 0 aliphatic rings. The second-order valence-corrected chi connectivity index (χ2v) is 6.43. The number of aliphatic hydroxyl groups is 1. The zero-order valence-corrected chi connectivity index (χ0v) is 14.1. The van der Waals surface area contributed by atoms with Gasteiger partial charge in [-0.05, 0) is 32.9 Å². The van der Waals surface area contributed by atoms with Crippen molar-refractivity contribution in [1.29, 1.82) is 0 Å². The average Bonchev–Trinajstić information content (AvgIpc) is 2.81. The van der Waals surface area contributed by atoms with Crippen LogP contribution in [-0.2, 0) is 11.3 Å². The predicted octanol–water partition coefficient (Wildman–Crippen LogP) is 3.54. The van der Waals surface area contributed by atoms with E-state index in [-0.39, 0.29) is 13.2 Å². The molecule has 2 rings (SSSR count). The molecule has 0 spiro atoms. The normalized spacial score (nSPS) is 11.3. The number of amides is 1. The van der Waals surface area contributed by atoms with Gasteiger partial charge in [0.05, 0.1) is 18.8 Å². The van der Waals surface area contributed by atoms with Crippen LogP contribution in [0.25, 0.3) is 11.3 Å². The highest BCUT2D eigenvalue weighted by Crippen LogP contribution is 2.24. The highest BCUT2D eigenvalue weighted by molar-refractivity contribution is 6.30. The first kappa shape index (κ1) is 17.3. The summed E-state index contributed by atoms with van der Waals surface area (Å²) in [7, 11) is 0. The first-order valence-electron chi connectivity index (χ1n) is 7.23. The van der Waals surface area contributed by atoms with Crippen LogP contribution in [0.4, 0.5) is 10.6 Å². The fraction of sp³-hybridized carbons (Fsp3) is 0.375. The van der Waals surface area contributed by atoms with Crippen molar-refractivity contribution in [3.63, 3.8) is 0 Å². The minimum atomic E-state index is -0.592. The standard InChI is InChI=1S/C16H20ClN3O3/c1-16(2,3)23-15(22)18-14-10-13(19-20(14)8-9-21)11-4-6-12(17)7-5-11/h4-7,10,21H,8-9H2,1-3H3,(H,18,22). The first-order valence-corrected chi connectivity index (χ1v) is 7.61. The molecule has 7 heteroatoms. The molecule has 0 saturated carbocycles. The van der Waals surface area contributed by atoms with Crippen LogP contribution in [0, 0.1) is 0 Å². The van der Waals surface area contributed by atoms with E-state index in [1.165, 1.54) is 4.68 Å². The third-order valence-electron chi connectivity index (χ3n) is 2.86. The molecular weight excluding hydrogens is 318 g/mol. The number of rotatable bonds is 4. The number of nitrogens with one attached hydrogen (secondary N) is 1. The third kappa shape index (κ3) is 4.97. The summed E-state index contributed by atoms with van der Waals surface area (Å²) in [6.45, 7) is 5.54. The number of ether oxygens (including phenoxy) is 1. The maximum atomic E-state index is 11.9. The smallest absolute Gasteiger partial charge is 0.413 e. The van der Waals surface area contributed by atoms with E-state index < -0.39 is 11.7 Å². The molecule has 0 aliphatic heterocycles. The second kappa shape index (κ2) is 7.02. The van der Waals surface area contributed by atoms with Crippen LogP contribution in [0.2, 0.25) is 5.02 Å². The van der Waals surface area contributed by atoms with Gasteiger partial charge in [-0.3, -0.25) is 5.32 Å². The summed E-state index contributed by atoms with van der Waals surface area (Å²) in [5.41, 5.74) is 0.935. The van der Waals surface area contributed by atoms with Gasteiger partial charge in [-0.1, -0.05) is 23.7 Å². The van der Waals surface area contributed by atoms with Crippen molar-refractivity contribution < 1.29 is 14.6 Å². The molecule has 0 radical (unpaired) electrons. The van der Waals surface area contributed by atoms with Crippen molar-refractivity contribution in [1.82, 2.24) is 9.78 Å². The lowest BCUT2D eigenvalue weighted by molar-refractivity contribution is 0.0634. The van der Waals surface area contributed by atoms with Gasteiger partial charge in [0.25, 0.3) is 0 Å². The average molecular weight is 338 g/mol. The Morgan fingerprint density at radius 3 is 2.57 bits per heavy atom. The molecule has 0 atom stereocenters. The van der Waals surface area contributed by atoms with Crippen LogP contribution in [-0.4, -0.2) is 33.2 Å². The maximum Gasteiger partial charge on any atom is 0.413 e. The lowest BCUT2D eigenvalue weighted by Gasteiger charge is -2.19. The minimum Gasteiger partial charge on any atom is -0.444 e. The number of aliphatic hydroxyl groups excluding tert-OH is 1. The van der Waals surface area contributed by atoms with Crippen LogP contribution in [0.15, 0.2) is 30.3 Å². The Morgan fingerprint density at radius 1 is 1.35 bits per heavy atom. The first-order chi connectivity index (χ1) is 10.8. The van der Waals surface area contributed by atoms with Gasteiger partial charge in [0, 0.05) is 16.7 Å². The Bertz CT molecular complexity index is 675. The van der Waals surface area contributed by atoms with E-state index in [1.54, 1.807) is 39.0 Å². The summed E-state index contributed by atoms with van der Waals surface area (Å²) in [5, 5.41) is 16.8. The summed E-state index contributed by atoms with van der Waals surface area (Å²) in [4.78, 5) is 11.9. The molecule has 1 heterocycles. The van der Waals surface area contributed by atoms with Gasteiger partial charge >= 0.3 is 6.09 Å². The minimum absolute atomic E-state index is 0.0925. The van der Waals surface area contributed by atoms with Gasteiger partial charge in [0.2, 0.25) is 0 Å². The Balaban J connectivity index is 2.24. The van der Waals surface area contributed by atoms with Crippen LogP contribution in [0.5, 0.6) is 0 Å². The van der Waals surface area contributed by atoms with Crippen LogP contribution in [0.1, 0.15) is 20.8 Å². The molecule has 0 aliphatic carbocycles. The summed E-state index contributed by atoms with van der Waals surface area (Å²) < 4.78 is 6.76. The molecule has 0 bridgehead atoms. The summed E-state index contributed by atoms with van der Waals surface area (Å²) in [5.74, 6) is 0.457. The van der Waals surface area contributed by atoms with Crippen LogP contribution in [0.3, 0.4) is 0 Å². The van der Waals surface area contributed by atoms with Gasteiger partial charge < -0.3 is 9.84 Å². The van der Waals surface area contributed by atoms with E-state index in [0.29, 0.717) is 16.5 Å². The van der Waals surface area contributed by atoms with E-state index in [0.717, 1.165) is 5.56 Å². The monoisotopic (exact) mass is 337 g/mol. The van der Waals surface area contributed by atoms with Gasteiger partial charge in [0.15, 0.2) is 0 Å². The molecule has 2 aromatic rings. The molecular formula is C16H20ClN3O3. The molecule has 2 N–H and O–H groups in total. The number of halogens is 1. The fourth-order valence-corrected chi connectivity index (χ4v) is 2.08. The summed E-state index contributed by atoms with van der Waals surface area (Å²) in [6, 6.07) is 8.94. The zero-order valence-electron chi connectivity index (χ0n) is 13.3. The number of hydrogen-bond acceptors (Lipinski definition) is 4. The topological polar surface area (TPSA) is 76.4 Å². The Kier molecular flexibility index (Phi) is 5.28. The Hall–Kier alpha value is -2.05. The predicted molar refractivity (Wildman–Crippen MR) is 89.6 cm³/mol. The quantitative estimate of drug-likeness (QED) is 0.894. The van der Waals surface area contributed by atoms with Crippen molar-refractivity contribution in [3.8, 4) is 11.3 Å². The SMILES string of the molecule is CC(C)(C)OC(=O)Nc1cc(-c2ccc(Cl)cc2)nn1CCO. The van der Waals surface area contributed by atoms with Crippen LogP contribution >= 0.6 is 11.6 Å². The molecule has 1 aromatic carbocycles. The summed E-state index contributed by atoms with van der Waals surface area (Å²) >= 11 is 5.88. The van der Waals surface area contributed by atoms with Crippen molar-refractivity contribution in [2.45, 2.75) is 32.9 Å². The number of nitrogens with zero attached hydrogens (tertiary/aromatic N) is 2.